The van der Waals surface area contributed by atoms with E-state index < -0.39 is 16.8 Å². The van der Waals surface area contributed by atoms with Crippen LogP contribution in [0.15, 0.2) is 0 Å². The Morgan fingerprint density at radius 1 is 1.44 bits per heavy atom. The fourth-order valence-corrected chi connectivity index (χ4v) is 2.77. The fraction of sp³-hybridized carbons (Fsp3) is 0.846. The summed E-state index contributed by atoms with van der Waals surface area (Å²) in [7, 11) is 0. The number of carboxylic acids is 1. The fourth-order valence-electron chi connectivity index (χ4n) is 2.77. The molecule has 2 bridgehead atoms. The largest absolute Gasteiger partial charge is 0.481 e. The summed E-state index contributed by atoms with van der Waals surface area (Å²) in [6.45, 7) is 7.18. The van der Waals surface area contributed by atoms with Gasteiger partial charge in [-0.3, -0.25) is 14.9 Å². The topological polar surface area (TPSA) is 75.6 Å². The second kappa shape index (κ2) is 3.95. The van der Waals surface area contributed by atoms with E-state index in [0.717, 1.165) is 0 Å². The highest BCUT2D eigenvalue weighted by Gasteiger charge is 2.52. The second-order valence-electron chi connectivity index (χ2n) is 6.53. The van der Waals surface area contributed by atoms with Gasteiger partial charge in [0.15, 0.2) is 6.23 Å². The minimum Gasteiger partial charge on any atom is -0.481 e. The number of nitrogens with one attached hydrogen (secondary N) is 1. The van der Waals surface area contributed by atoms with Crippen molar-refractivity contribution < 1.29 is 19.4 Å². The van der Waals surface area contributed by atoms with Gasteiger partial charge in [-0.05, 0) is 40.0 Å². The summed E-state index contributed by atoms with van der Waals surface area (Å²) in [5.74, 6) is -0.974. The van der Waals surface area contributed by atoms with E-state index in [4.69, 9.17) is 4.74 Å². The quantitative estimate of drug-likeness (QED) is 0.729. The number of rotatable bonds is 2. The van der Waals surface area contributed by atoms with Crippen LogP contribution >= 0.6 is 0 Å². The van der Waals surface area contributed by atoms with Crippen LogP contribution in [0, 0.1) is 16.7 Å². The van der Waals surface area contributed by atoms with Crippen molar-refractivity contribution >= 4 is 11.9 Å². The van der Waals surface area contributed by atoms with Crippen molar-refractivity contribution in [2.75, 3.05) is 0 Å². The van der Waals surface area contributed by atoms with Crippen molar-refractivity contribution in [3.05, 3.63) is 0 Å². The van der Waals surface area contributed by atoms with E-state index in [0.29, 0.717) is 12.8 Å². The van der Waals surface area contributed by atoms with Crippen LogP contribution in [0.1, 0.15) is 40.5 Å². The molecule has 0 saturated carbocycles. The minimum atomic E-state index is -0.795. The van der Waals surface area contributed by atoms with Crippen molar-refractivity contribution in [1.82, 2.24) is 5.32 Å². The number of aliphatic carboxylic acids is 1. The maximum absolute atomic E-state index is 11.8. The SMILES string of the molecule is CC(C)(C(=O)O)[C@@H]1C[C@@H]2N[C@H](C1)C(C)(C)C(=O)O2. The Kier molecular flexibility index (Phi) is 2.93. The molecule has 0 aliphatic carbocycles. The van der Waals surface area contributed by atoms with Crippen LogP contribution in [0.25, 0.3) is 0 Å². The summed E-state index contributed by atoms with van der Waals surface area (Å²) in [5.41, 5.74) is -1.39. The summed E-state index contributed by atoms with van der Waals surface area (Å²) in [6, 6.07) is -0.0128. The van der Waals surface area contributed by atoms with E-state index in [1.807, 2.05) is 13.8 Å². The minimum absolute atomic E-state index is 0.0126. The number of ether oxygens (including phenoxy) is 1. The zero-order chi connectivity index (χ0) is 13.7. The number of hydrogen-bond acceptors (Lipinski definition) is 4. The Labute approximate surface area is 107 Å². The molecule has 5 nitrogen and oxygen atoms in total. The Bertz CT molecular complexity index is 388. The predicted octanol–water partition coefficient (Wildman–Crippen LogP) is 1.37. The molecule has 2 saturated heterocycles. The third kappa shape index (κ3) is 1.90. The highest BCUT2D eigenvalue weighted by atomic mass is 16.6. The van der Waals surface area contributed by atoms with Gasteiger partial charge in [0, 0.05) is 12.5 Å². The van der Waals surface area contributed by atoms with Gasteiger partial charge in [0.25, 0.3) is 0 Å². The van der Waals surface area contributed by atoms with E-state index in [2.05, 4.69) is 5.32 Å². The van der Waals surface area contributed by atoms with Crippen LogP contribution in [0.4, 0.5) is 0 Å². The van der Waals surface area contributed by atoms with Crippen LogP contribution in [0.3, 0.4) is 0 Å². The Balaban J connectivity index is 2.23. The van der Waals surface area contributed by atoms with Crippen molar-refractivity contribution in [3.63, 3.8) is 0 Å². The van der Waals surface area contributed by atoms with Gasteiger partial charge >= 0.3 is 11.9 Å². The van der Waals surface area contributed by atoms with E-state index in [1.165, 1.54) is 0 Å². The third-order valence-electron chi connectivity index (χ3n) is 4.62. The monoisotopic (exact) mass is 255 g/mol. The van der Waals surface area contributed by atoms with Gasteiger partial charge in [-0.25, -0.2) is 0 Å². The Hall–Kier alpha value is -1.10. The average molecular weight is 255 g/mol. The molecule has 0 aromatic carbocycles. The van der Waals surface area contributed by atoms with E-state index in [-0.39, 0.29) is 24.2 Å². The molecule has 0 aromatic heterocycles. The van der Waals surface area contributed by atoms with Gasteiger partial charge < -0.3 is 9.84 Å². The molecule has 0 spiro atoms. The van der Waals surface area contributed by atoms with E-state index >= 15 is 0 Å². The number of fused-ring (bicyclic) bond motifs is 2. The molecule has 0 unspecified atom stereocenters. The summed E-state index contributed by atoms with van der Waals surface area (Å²) < 4.78 is 5.33. The highest BCUT2D eigenvalue weighted by molar-refractivity contribution is 5.78. The molecule has 5 heteroatoms. The number of carboxylic acid groups (broad SMARTS) is 1. The standard InChI is InChI=1S/C13H21NO4/c1-12(2,10(15)16)7-5-8-13(3,4)11(17)18-9(6-7)14-8/h7-9,14H,5-6H2,1-4H3,(H,15,16)/t7-,8+,9+/m0/s1. The molecule has 0 aromatic rings. The molecule has 3 atom stereocenters. The highest BCUT2D eigenvalue weighted by Crippen LogP contribution is 2.43. The van der Waals surface area contributed by atoms with Gasteiger partial charge in [0.2, 0.25) is 0 Å². The molecule has 0 amide bonds. The maximum atomic E-state index is 11.8. The second-order valence-corrected chi connectivity index (χ2v) is 6.53. The van der Waals surface area contributed by atoms with Gasteiger partial charge in [-0.15, -0.1) is 0 Å². The molecular weight excluding hydrogens is 234 g/mol. The maximum Gasteiger partial charge on any atom is 0.314 e. The average Bonchev–Trinajstić information content (AvgIpc) is 2.26. The zero-order valence-corrected chi connectivity index (χ0v) is 11.3. The van der Waals surface area contributed by atoms with Crippen LogP contribution in [0.2, 0.25) is 0 Å². The zero-order valence-electron chi connectivity index (χ0n) is 11.3. The van der Waals surface area contributed by atoms with Crippen molar-refractivity contribution in [1.29, 1.82) is 0 Å². The first-order valence-corrected chi connectivity index (χ1v) is 6.36. The van der Waals surface area contributed by atoms with E-state index in [9.17, 15) is 14.7 Å². The first-order valence-electron chi connectivity index (χ1n) is 6.36. The Morgan fingerprint density at radius 2 is 2.06 bits per heavy atom. The number of carbonyl (C=O) groups is 2. The summed E-state index contributed by atoms with van der Waals surface area (Å²) in [6.07, 6.45) is 0.920. The lowest BCUT2D eigenvalue weighted by Crippen LogP contribution is -2.63. The first-order chi connectivity index (χ1) is 8.15. The molecule has 2 N–H and O–H groups in total. The number of carbonyl (C=O) groups excluding carboxylic acids is 1. The summed E-state index contributed by atoms with van der Waals surface area (Å²) >= 11 is 0. The molecule has 2 aliphatic heterocycles. The van der Waals surface area contributed by atoms with Crippen LogP contribution in [-0.2, 0) is 14.3 Å². The predicted molar refractivity (Wildman–Crippen MR) is 64.7 cm³/mol. The molecule has 2 heterocycles. The number of piperidine rings is 1. The number of esters is 1. The molecule has 0 radical (unpaired) electrons. The van der Waals surface area contributed by atoms with E-state index in [1.54, 1.807) is 13.8 Å². The van der Waals surface area contributed by atoms with Gasteiger partial charge in [-0.1, -0.05) is 0 Å². The lowest BCUT2D eigenvalue weighted by Gasteiger charge is -2.49. The summed E-state index contributed by atoms with van der Waals surface area (Å²) in [5, 5.41) is 12.6. The molecule has 102 valence electrons. The van der Waals surface area contributed by atoms with Gasteiger partial charge in [0.1, 0.15) is 0 Å². The first kappa shape index (κ1) is 13.3. The van der Waals surface area contributed by atoms with Crippen molar-refractivity contribution in [2.45, 2.75) is 52.8 Å². The molecule has 2 aliphatic rings. The molecule has 2 fully saturated rings. The summed E-state index contributed by atoms with van der Waals surface area (Å²) in [4.78, 5) is 23.2. The smallest absolute Gasteiger partial charge is 0.314 e. The van der Waals surface area contributed by atoms with Crippen LogP contribution in [0.5, 0.6) is 0 Å². The molecule has 2 rings (SSSR count). The molecule has 18 heavy (non-hydrogen) atoms. The van der Waals surface area contributed by atoms with Gasteiger partial charge in [0.05, 0.1) is 10.8 Å². The van der Waals surface area contributed by atoms with Crippen LogP contribution < -0.4 is 5.32 Å². The molecular formula is C13H21NO4. The Morgan fingerprint density at radius 3 is 2.61 bits per heavy atom. The third-order valence-corrected chi connectivity index (χ3v) is 4.62. The van der Waals surface area contributed by atoms with Crippen molar-refractivity contribution in [3.8, 4) is 0 Å². The van der Waals surface area contributed by atoms with Gasteiger partial charge in [-0.2, -0.15) is 0 Å². The lowest BCUT2D eigenvalue weighted by atomic mass is 9.66. The lowest BCUT2D eigenvalue weighted by molar-refractivity contribution is -0.185. The normalized spacial score (nSPS) is 34.9. The number of hydrogen-bond donors (Lipinski definition) is 2. The van der Waals surface area contributed by atoms with Crippen LogP contribution in [-0.4, -0.2) is 29.3 Å². The van der Waals surface area contributed by atoms with Crippen molar-refractivity contribution in [2.24, 2.45) is 16.7 Å².